The van der Waals surface area contributed by atoms with E-state index in [0.717, 1.165) is 11.3 Å². The summed E-state index contributed by atoms with van der Waals surface area (Å²) in [5.74, 6) is 1.41. The number of guanidine groups is 1. The van der Waals surface area contributed by atoms with E-state index in [1.54, 1.807) is 37.9 Å². The van der Waals surface area contributed by atoms with Crippen molar-refractivity contribution in [3.63, 3.8) is 0 Å². The predicted octanol–water partition coefficient (Wildman–Crippen LogP) is 3.67. The molecule has 164 valence electrons. The summed E-state index contributed by atoms with van der Waals surface area (Å²) in [6, 6.07) is 14.2. The molecular weight excluding hydrogens is 511 g/mol. The number of hydrogen-bond donors (Lipinski definition) is 2. The molecule has 0 radical (unpaired) electrons. The number of benzene rings is 2. The number of rotatable bonds is 8. The van der Waals surface area contributed by atoms with E-state index in [9.17, 15) is 4.79 Å². The van der Waals surface area contributed by atoms with Crippen molar-refractivity contribution in [2.75, 3.05) is 34.0 Å². The molecule has 0 spiro atoms. The smallest absolute Gasteiger partial charge is 0.241 e. The number of nitrogens with one attached hydrogen (secondary N) is 2. The van der Waals surface area contributed by atoms with E-state index in [4.69, 9.17) is 4.74 Å². The van der Waals surface area contributed by atoms with Gasteiger partial charge in [-0.05, 0) is 48.1 Å². The third-order valence-electron chi connectivity index (χ3n) is 4.37. The maximum atomic E-state index is 12.0. The number of carbonyl (C=O) groups excluding carboxylic acids is 1. The van der Waals surface area contributed by atoms with Crippen LogP contribution in [-0.4, -0.2) is 50.8 Å². The predicted molar refractivity (Wildman–Crippen MR) is 136 cm³/mol. The van der Waals surface area contributed by atoms with Gasteiger partial charge in [-0.15, -0.1) is 35.7 Å². The topological polar surface area (TPSA) is 66.0 Å². The van der Waals surface area contributed by atoms with Crippen LogP contribution in [0.15, 0.2) is 52.4 Å². The molecule has 8 heteroatoms. The van der Waals surface area contributed by atoms with Crippen molar-refractivity contribution < 1.29 is 9.53 Å². The Hall–Kier alpha value is -1.94. The van der Waals surface area contributed by atoms with Crippen molar-refractivity contribution in [2.45, 2.75) is 24.9 Å². The molecule has 0 saturated carbocycles. The van der Waals surface area contributed by atoms with Gasteiger partial charge in [-0.2, -0.15) is 0 Å². The number of hydrogen-bond acceptors (Lipinski definition) is 4. The molecule has 0 aliphatic rings. The Morgan fingerprint density at radius 3 is 2.43 bits per heavy atom. The Labute approximate surface area is 200 Å². The lowest BCUT2D eigenvalue weighted by Crippen LogP contribution is -2.42. The zero-order chi connectivity index (χ0) is 21.2. The molecule has 6 nitrogen and oxygen atoms in total. The van der Waals surface area contributed by atoms with Gasteiger partial charge in [-0.1, -0.05) is 24.3 Å². The molecule has 0 aliphatic carbocycles. The third kappa shape index (κ3) is 8.43. The van der Waals surface area contributed by atoms with Crippen molar-refractivity contribution >= 4 is 47.6 Å². The van der Waals surface area contributed by atoms with Crippen LogP contribution < -0.4 is 15.4 Å². The SMILES string of the molecule is COc1ccc(CN=C(NCC(=O)N(C)C)NCc2ccc(C)cc2SC)cc1.I. The molecular formula is C22H31IN4O2S. The van der Waals surface area contributed by atoms with E-state index in [0.29, 0.717) is 19.0 Å². The first-order chi connectivity index (χ1) is 13.9. The van der Waals surface area contributed by atoms with Crippen LogP contribution in [0.4, 0.5) is 0 Å². The van der Waals surface area contributed by atoms with Crippen LogP contribution in [0.25, 0.3) is 0 Å². The Morgan fingerprint density at radius 2 is 1.83 bits per heavy atom. The number of methoxy groups -OCH3 is 1. The summed E-state index contributed by atoms with van der Waals surface area (Å²) in [5, 5.41) is 6.48. The number of amides is 1. The fourth-order valence-corrected chi connectivity index (χ4v) is 3.28. The lowest BCUT2D eigenvalue weighted by atomic mass is 10.1. The van der Waals surface area contributed by atoms with Crippen molar-refractivity contribution in [3.05, 3.63) is 59.2 Å². The highest BCUT2D eigenvalue weighted by atomic mass is 127. The molecule has 0 aromatic heterocycles. The molecule has 0 bridgehead atoms. The van der Waals surface area contributed by atoms with Gasteiger partial charge in [0, 0.05) is 25.5 Å². The first-order valence-corrected chi connectivity index (χ1v) is 10.6. The minimum Gasteiger partial charge on any atom is -0.497 e. The number of likely N-dealkylation sites (N-methyl/N-ethyl adjacent to an activating group) is 1. The minimum atomic E-state index is -0.0101. The lowest BCUT2D eigenvalue weighted by Gasteiger charge is -2.16. The molecule has 30 heavy (non-hydrogen) atoms. The second kappa shape index (κ2) is 13.4. The Bertz CT molecular complexity index is 842. The van der Waals surface area contributed by atoms with Crippen LogP contribution in [0.1, 0.15) is 16.7 Å². The zero-order valence-corrected chi connectivity index (χ0v) is 21.3. The third-order valence-corrected chi connectivity index (χ3v) is 5.19. The molecule has 2 aromatic rings. The molecule has 0 unspecified atom stereocenters. The number of carbonyl (C=O) groups is 1. The normalized spacial score (nSPS) is 10.8. The van der Waals surface area contributed by atoms with Gasteiger partial charge in [0.25, 0.3) is 0 Å². The van der Waals surface area contributed by atoms with Crippen LogP contribution >= 0.6 is 35.7 Å². The summed E-state index contributed by atoms with van der Waals surface area (Å²) in [5.41, 5.74) is 3.49. The van der Waals surface area contributed by atoms with Crippen molar-refractivity contribution in [3.8, 4) is 5.75 Å². The van der Waals surface area contributed by atoms with Crippen LogP contribution in [0.2, 0.25) is 0 Å². The fraction of sp³-hybridized carbons (Fsp3) is 0.364. The minimum absolute atomic E-state index is 0. The van der Waals surface area contributed by atoms with Gasteiger partial charge in [0.2, 0.25) is 5.91 Å². The zero-order valence-electron chi connectivity index (χ0n) is 18.2. The van der Waals surface area contributed by atoms with Gasteiger partial charge in [-0.25, -0.2) is 4.99 Å². The first kappa shape index (κ1) is 26.1. The van der Waals surface area contributed by atoms with E-state index >= 15 is 0 Å². The number of thioether (sulfide) groups is 1. The molecule has 2 N–H and O–H groups in total. The Morgan fingerprint density at radius 1 is 1.13 bits per heavy atom. The average molecular weight is 542 g/mol. The number of halogens is 1. The van der Waals surface area contributed by atoms with Crippen LogP contribution in [-0.2, 0) is 17.9 Å². The number of aryl methyl sites for hydroxylation is 1. The second-order valence-electron chi connectivity index (χ2n) is 6.82. The first-order valence-electron chi connectivity index (χ1n) is 9.41. The van der Waals surface area contributed by atoms with Gasteiger partial charge in [-0.3, -0.25) is 4.79 Å². The van der Waals surface area contributed by atoms with Crippen molar-refractivity contribution in [1.82, 2.24) is 15.5 Å². The van der Waals surface area contributed by atoms with Crippen LogP contribution in [0.3, 0.4) is 0 Å². The molecule has 0 atom stereocenters. The van der Waals surface area contributed by atoms with E-state index in [1.807, 2.05) is 24.3 Å². The van der Waals surface area contributed by atoms with Gasteiger partial charge in [0.05, 0.1) is 20.2 Å². The maximum absolute atomic E-state index is 12.0. The molecule has 2 rings (SSSR count). The summed E-state index contributed by atoms with van der Waals surface area (Å²) in [4.78, 5) is 19.4. The average Bonchev–Trinajstić information content (AvgIpc) is 2.73. The lowest BCUT2D eigenvalue weighted by molar-refractivity contribution is -0.127. The summed E-state index contributed by atoms with van der Waals surface area (Å²) < 4.78 is 5.20. The molecule has 0 saturated heterocycles. The number of nitrogens with zero attached hydrogens (tertiary/aromatic N) is 2. The Balaban J connectivity index is 0.00000450. The standard InChI is InChI=1S/C22H30N4O2S.HI/c1-16-6-9-18(20(12-16)29-5)14-24-22(25-15-21(27)26(2)3)23-13-17-7-10-19(28-4)11-8-17;/h6-12H,13-15H2,1-5H3,(H2,23,24,25);1H. The number of aliphatic imine (C=N–C) groups is 1. The summed E-state index contributed by atoms with van der Waals surface area (Å²) >= 11 is 1.72. The summed E-state index contributed by atoms with van der Waals surface area (Å²) in [7, 11) is 5.13. The highest BCUT2D eigenvalue weighted by molar-refractivity contribution is 14.0. The van der Waals surface area contributed by atoms with E-state index in [2.05, 4.69) is 47.0 Å². The summed E-state index contributed by atoms with van der Waals surface area (Å²) in [6.07, 6.45) is 2.07. The van der Waals surface area contributed by atoms with Gasteiger partial charge < -0.3 is 20.3 Å². The van der Waals surface area contributed by atoms with E-state index < -0.39 is 0 Å². The molecule has 2 aromatic carbocycles. The highest BCUT2D eigenvalue weighted by Gasteiger charge is 2.08. The monoisotopic (exact) mass is 542 g/mol. The van der Waals surface area contributed by atoms with E-state index in [-0.39, 0.29) is 36.4 Å². The Kier molecular flexibility index (Phi) is 11.6. The van der Waals surface area contributed by atoms with Crippen LogP contribution in [0.5, 0.6) is 5.75 Å². The fourth-order valence-electron chi connectivity index (χ4n) is 2.57. The van der Waals surface area contributed by atoms with Crippen LogP contribution in [0, 0.1) is 6.92 Å². The second-order valence-corrected chi connectivity index (χ2v) is 7.67. The largest absolute Gasteiger partial charge is 0.497 e. The van der Waals surface area contributed by atoms with Crippen molar-refractivity contribution in [1.29, 1.82) is 0 Å². The highest BCUT2D eigenvalue weighted by Crippen LogP contribution is 2.21. The summed E-state index contributed by atoms with van der Waals surface area (Å²) in [6.45, 7) is 3.40. The molecule has 0 aliphatic heterocycles. The van der Waals surface area contributed by atoms with Gasteiger partial charge in [0.1, 0.15) is 5.75 Å². The van der Waals surface area contributed by atoms with E-state index in [1.165, 1.54) is 16.0 Å². The maximum Gasteiger partial charge on any atom is 0.241 e. The quantitative estimate of drug-likeness (QED) is 0.231. The van der Waals surface area contributed by atoms with Gasteiger partial charge >= 0.3 is 0 Å². The van der Waals surface area contributed by atoms with Gasteiger partial charge in [0.15, 0.2) is 5.96 Å². The molecule has 1 amide bonds. The van der Waals surface area contributed by atoms with Crippen molar-refractivity contribution in [2.24, 2.45) is 4.99 Å². The molecule has 0 fully saturated rings. The molecule has 0 heterocycles. The number of ether oxygens (including phenoxy) is 1.